The highest BCUT2D eigenvalue weighted by atomic mass is 16.3. The summed E-state index contributed by atoms with van der Waals surface area (Å²) >= 11 is 0. The molecule has 102 valence electrons. The van der Waals surface area contributed by atoms with Gasteiger partial charge in [-0.1, -0.05) is 6.92 Å². The predicted molar refractivity (Wildman–Crippen MR) is 70.0 cm³/mol. The molecular formula is C13H28N2O2. The summed E-state index contributed by atoms with van der Waals surface area (Å²) in [5, 5.41) is 22.0. The van der Waals surface area contributed by atoms with Gasteiger partial charge in [0.05, 0.1) is 12.7 Å². The van der Waals surface area contributed by atoms with Gasteiger partial charge in [-0.2, -0.15) is 0 Å². The number of likely N-dealkylation sites (tertiary alicyclic amines) is 1. The first-order chi connectivity index (χ1) is 8.08. The maximum atomic E-state index is 9.79. The number of hydrogen-bond donors (Lipinski definition) is 3. The first kappa shape index (κ1) is 14.9. The number of piperidine rings is 1. The third-order valence-electron chi connectivity index (χ3n) is 3.95. The molecule has 4 heteroatoms. The van der Waals surface area contributed by atoms with Crippen molar-refractivity contribution in [2.45, 2.75) is 51.8 Å². The number of aliphatic hydroxyl groups excluding tert-OH is 2. The van der Waals surface area contributed by atoms with Crippen LogP contribution < -0.4 is 5.32 Å². The van der Waals surface area contributed by atoms with Crippen molar-refractivity contribution in [3.63, 3.8) is 0 Å². The van der Waals surface area contributed by atoms with Crippen LogP contribution in [0.4, 0.5) is 0 Å². The minimum absolute atomic E-state index is 0.180. The van der Waals surface area contributed by atoms with Crippen LogP contribution >= 0.6 is 0 Å². The van der Waals surface area contributed by atoms with Crippen molar-refractivity contribution in [3.05, 3.63) is 0 Å². The highest BCUT2D eigenvalue weighted by Gasteiger charge is 2.31. The zero-order valence-corrected chi connectivity index (χ0v) is 11.4. The van der Waals surface area contributed by atoms with E-state index in [9.17, 15) is 5.11 Å². The van der Waals surface area contributed by atoms with Crippen molar-refractivity contribution < 1.29 is 10.2 Å². The minimum atomic E-state index is -0.250. The Balaban J connectivity index is 2.55. The second-order valence-corrected chi connectivity index (χ2v) is 5.32. The number of nitrogens with one attached hydrogen (secondary N) is 1. The topological polar surface area (TPSA) is 55.7 Å². The number of rotatable bonds is 6. The first-order valence-corrected chi connectivity index (χ1v) is 6.84. The van der Waals surface area contributed by atoms with Gasteiger partial charge in [-0.3, -0.25) is 4.90 Å². The van der Waals surface area contributed by atoms with Crippen molar-refractivity contribution in [1.82, 2.24) is 10.2 Å². The van der Waals surface area contributed by atoms with Gasteiger partial charge >= 0.3 is 0 Å². The van der Waals surface area contributed by atoms with E-state index in [2.05, 4.69) is 24.1 Å². The molecule has 0 amide bonds. The Morgan fingerprint density at radius 1 is 1.35 bits per heavy atom. The van der Waals surface area contributed by atoms with E-state index in [1.807, 2.05) is 6.92 Å². The second kappa shape index (κ2) is 7.31. The highest BCUT2D eigenvalue weighted by Crippen LogP contribution is 2.22. The molecule has 1 rings (SSSR count). The van der Waals surface area contributed by atoms with Crippen LogP contribution in [-0.2, 0) is 0 Å². The highest BCUT2D eigenvalue weighted by molar-refractivity contribution is 4.87. The van der Waals surface area contributed by atoms with Crippen LogP contribution in [0.25, 0.3) is 0 Å². The van der Waals surface area contributed by atoms with Gasteiger partial charge in [0.15, 0.2) is 0 Å². The molecule has 0 bridgehead atoms. The second-order valence-electron chi connectivity index (χ2n) is 5.32. The van der Waals surface area contributed by atoms with Gasteiger partial charge in [0.2, 0.25) is 0 Å². The molecule has 0 radical (unpaired) electrons. The monoisotopic (exact) mass is 244 g/mol. The summed E-state index contributed by atoms with van der Waals surface area (Å²) < 4.78 is 0. The number of aliphatic hydroxyl groups is 2. The van der Waals surface area contributed by atoms with E-state index in [-0.39, 0.29) is 12.7 Å². The van der Waals surface area contributed by atoms with Crippen molar-refractivity contribution in [2.75, 3.05) is 26.2 Å². The van der Waals surface area contributed by atoms with E-state index in [0.717, 1.165) is 25.9 Å². The normalized spacial score (nSPS) is 30.2. The first-order valence-electron chi connectivity index (χ1n) is 6.84. The van der Waals surface area contributed by atoms with Gasteiger partial charge in [0.25, 0.3) is 0 Å². The molecule has 17 heavy (non-hydrogen) atoms. The Labute approximate surface area is 105 Å². The van der Waals surface area contributed by atoms with E-state index in [1.54, 1.807) is 0 Å². The molecule has 4 nitrogen and oxygen atoms in total. The fourth-order valence-corrected chi connectivity index (χ4v) is 2.56. The number of hydrogen-bond acceptors (Lipinski definition) is 4. The summed E-state index contributed by atoms with van der Waals surface area (Å²) in [6.07, 6.45) is 1.89. The summed E-state index contributed by atoms with van der Waals surface area (Å²) in [6, 6.07) is 0.958. The molecule has 0 saturated carbocycles. The Morgan fingerprint density at radius 2 is 2.06 bits per heavy atom. The average Bonchev–Trinajstić information content (AvgIpc) is 2.34. The standard InChI is InChI=1S/C13H28N2O2/c1-4-10(2)15-8-12(11(3)17)7-13(9-15)14-5-6-16/h10-14,16-17H,4-9H2,1-3H3. The molecule has 1 aliphatic rings. The van der Waals surface area contributed by atoms with Gasteiger partial charge < -0.3 is 15.5 Å². The largest absolute Gasteiger partial charge is 0.395 e. The van der Waals surface area contributed by atoms with Crippen LogP contribution in [0.5, 0.6) is 0 Å². The summed E-state index contributed by atoms with van der Waals surface area (Å²) in [5.74, 6) is 0.342. The third-order valence-corrected chi connectivity index (χ3v) is 3.95. The molecule has 4 atom stereocenters. The van der Waals surface area contributed by atoms with Crippen LogP contribution in [0.15, 0.2) is 0 Å². The van der Waals surface area contributed by atoms with Crippen molar-refractivity contribution in [3.8, 4) is 0 Å². The summed E-state index contributed by atoms with van der Waals surface area (Å²) in [7, 11) is 0. The summed E-state index contributed by atoms with van der Waals surface area (Å²) in [6.45, 7) is 9.17. The lowest BCUT2D eigenvalue weighted by Crippen LogP contribution is -2.54. The third kappa shape index (κ3) is 4.54. The smallest absolute Gasteiger partial charge is 0.0556 e. The van der Waals surface area contributed by atoms with Gasteiger partial charge in [0, 0.05) is 31.7 Å². The average molecular weight is 244 g/mol. The maximum absolute atomic E-state index is 9.79. The molecular weight excluding hydrogens is 216 g/mol. The molecule has 0 aromatic carbocycles. The zero-order chi connectivity index (χ0) is 12.8. The van der Waals surface area contributed by atoms with Crippen LogP contribution in [0.2, 0.25) is 0 Å². The molecule has 1 heterocycles. The van der Waals surface area contributed by atoms with E-state index >= 15 is 0 Å². The van der Waals surface area contributed by atoms with E-state index in [4.69, 9.17) is 5.11 Å². The molecule has 4 unspecified atom stereocenters. The number of nitrogens with zero attached hydrogens (tertiary/aromatic N) is 1. The SMILES string of the molecule is CCC(C)N1CC(NCCO)CC(C(C)O)C1. The summed E-state index contributed by atoms with van der Waals surface area (Å²) in [4.78, 5) is 2.45. The lowest BCUT2D eigenvalue weighted by molar-refractivity contribution is 0.0309. The Kier molecular flexibility index (Phi) is 6.41. The molecule has 1 saturated heterocycles. The molecule has 0 spiro atoms. The van der Waals surface area contributed by atoms with Gasteiger partial charge in [0.1, 0.15) is 0 Å². The maximum Gasteiger partial charge on any atom is 0.0556 e. The van der Waals surface area contributed by atoms with Gasteiger partial charge in [-0.25, -0.2) is 0 Å². The van der Waals surface area contributed by atoms with E-state index in [0.29, 0.717) is 24.5 Å². The van der Waals surface area contributed by atoms with Crippen LogP contribution in [0, 0.1) is 5.92 Å². The molecule has 0 aliphatic carbocycles. The fourth-order valence-electron chi connectivity index (χ4n) is 2.56. The van der Waals surface area contributed by atoms with Crippen LogP contribution in [0.3, 0.4) is 0 Å². The minimum Gasteiger partial charge on any atom is -0.395 e. The molecule has 0 aromatic rings. The molecule has 1 aliphatic heterocycles. The molecule has 3 N–H and O–H groups in total. The van der Waals surface area contributed by atoms with Crippen LogP contribution in [0.1, 0.15) is 33.6 Å². The van der Waals surface area contributed by atoms with E-state index in [1.165, 1.54) is 0 Å². The lowest BCUT2D eigenvalue weighted by atomic mass is 9.89. The van der Waals surface area contributed by atoms with E-state index < -0.39 is 0 Å². The quantitative estimate of drug-likeness (QED) is 0.634. The Hall–Kier alpha value is -0.160. The Morgan fingerprint density at radius 3 is 2.59 bits per heavy atom. The van der Waals surface area contributed by atoms with Crippen molar-refractivity contribution >= 4 is 0 Å². The fraction of sp³-hybridized carbons (Fsp3) is 1.00. The van der Waals surface area contributed by atoms with Crippen molar-refractivity contribution in [1.29, 1.82) is 0 Å². The predicted octanol–water partition coefficient (Wildman–Crippen LogP) is 0.438. The summed E-state index contributed by atoms with van der Waals surface area (Å²) in [5.41, 5.74) is 0. The Bertz CT molecular complexity index is 212. The van der Waals surface area contributed by atoms with Crippen LogP contribution in [-0.4, -0.2) is 59.5 Å². The molecule has 1 fully saturated rings. The van der Waals surface area contributed by atoms with Crippen molar-refractivity contribution in [2.24, 2.45) is 5.92 Å². The lowest BCUT2D eigenvalue weighted by Gasteiger charge is -2.42. The molecule has 0 aromatic heterocycles. The van der Waals surface area contributed by atoms with Gasteiger partial charge in [-0.05, 0) is 32.6 Å². The van der Waals surface area contributed by atoms with Gasteiger partial charge in [-0.15, -0.1) is 0 Å². The zero-order valence-electron chi connectivity index (χ0n) is 11.4.